The summed E-state index contributed by atoms with van der Waals surface area (Å²) < 4.78 is 11.2. The molecule has 17 heavy (non-hydrogen) atoms. The fourth-order valence-electron chi connectivity index (χ4n) is 1.67. The van der Waals surface area contributed by atoms with E-state index in [1.807, 2.05) is 34.7 Å². The Labute approximate surface area is 109 Å². The van der Waals surface area contributed by atoms with E-state index in [9.17, 15) is 0 Å². The van der Waals surface area contributed by atoms with Crippen molar-refractivity contribution in [2.24, 2.45) is 5.73 Å². The summed E-state index contributed by atoms with van der Waals surface area (Å²) in [5, 5.41) is 0.586. The first-order valence-corrected chi connectivity index (χ1v) is 6.24. The van der Waals surface area contributed by atoms with Crippen LogP contribution in [0.2, 0.25) is 5.02 Å². The van der Waals surface area contributed by atoms with Crippen LogP contribution in [-0.4, -0.2) is 21.1 Å². The molecule has 2 N–H and O–H groups in total. The van der Waals surface area contributed by atoms with Gasteiger partial charge in [-0.05, 0) is 37.9 Å². The maximum atomic E-state index is 6.30. The normalized spacial score (nSPS) is 12.3. The Morgan fingerprint density at radius 2 is 1.94 bits per heavy atom. The minimum Gasteiger partial charge on any atom is -0.494 e. The van der Waals surface area contributed by atoms with Gasteiger partial charge in [0.15, 0.2) is 0 Å². The molecule has 0 heterocycles. The lowest BCUT2D eigenvalue weighted by atomic mass is 9.91. The predicted octanol–water partition coefficient (Wildman–Crippen LogP) is 1.42. The summed E-state index contributed by atoms with van der Waals surface area (Å²) in [5.74, 6) is 1.46. The van der Waals surface area contributed by atoms with E-state index < -0.39 is 0 Å². The van der Waals surface area contributed by atoms with Crippen molar-refractivity contribution in [1.82, 2.24) is 0 Å². The van der Waals surface area contributed by atoms with E-state index in [1.54, 1.807) is 0 Å². The Hall–Kier alpha value is -0.865. The molecule has 94 valence electrons. The summed E-state index contributed by atoms with van der Waals surface area (Å²) in [6, 6.07) is 1.75. The Bertz CT molecular complexity index is 397. The monoisotopic (exact) mass is 255 g/mol. The highest BCUT2D eigenvalue weighted by atomic mass is 35.5. The van der Waals surface area contributed by atoms with Crippen LogP contribution in [0.4, 0.5) is 0 Å². The van der Waals surface area contributed by atoms with Gasteiger partial charge < -0.3 is 15.2 Å². The van der Waals surface area contributed by atoms with Crippen LogP contribution in [0.5, 0.6) is 11.5 Å². The van der Waals surface area contributed by atoms with Crippen molar-refractivity contribution in [2.75, 3.05) is 13.2 Å². The maximum absolute atomic E-state index is 6.30. The van der Waals surface area contributed by atoms with Gasteiger partial charge in [0.25, 0.3) is 0 Å². The lowest BCUT2D eigenvalue weighted by molar-refractivity contribution is 0.327. The number of rotatable bonds is 5. The highest BCUT2D eigenvalue weighted by molar-refractivity contribution is 6.41. The predicted molar refractivity (Wildman–Crippen MR) is 74.6 cm³/mol. The zero-order chi connectivity index (χ0) is 13.0. The molecule has 3 nitrogen and oxygen atoms in total. The molecule has 0 aliphatic rings. The van der Waals surface area contributed by atoms with E-state index >= 15 is 0 Å². The Kier molecular flexibility index (Phi) is 5.15. The summed E-state index contributed by atoms with van der Waals surface area (Å²) in [4.78, 5) is 0. The molecule has 0 bridgehead atoms. The first kappa shape index (κ1) is 14.2. The van der Waals surface area contributed by atoms with E-state index in [2.05, 4.69) is 0 Å². The minimum absolute atomic E-state index is 0.151. The van der Waals surface area contributed by atoms with Gasteiger partial charge in [0, 0.05) is 6.04 Å². The van der Waals surface area contributed by atoms with Crippen molar-refractivity contribution in [3.63, 3.8) is 0 Å². The molecule has 0 saturated heterocycles. The first-order chi connectivity index (χ1) is 8.02. The first-order valence-electron chi connectivity index (χ1n) is 5.87. The average molecular weight is 256 g/mol. The second kappa shape index (κ2) is 6.17. The van der Waals surface area contributed by atoms with Crippen molar-refractivity contribution in [2.45, 2.75) is 26.8 Å². The SMILES string of the molecule is Bc1c(OCC)cc([C@@H](C)N)c(Cl)c1OCC. The van der Waals surface area contributed by atoms with Crippen LogP contribution in [0.3, 0.4) is 0 Å². The third-order valence-electron chi connectivity index (χ3n) is 2.53. The highest BCUT2D eigenvalue weighted by Gasteiger charge is 2.17. The lowest BCUT2D eigenvalue weighted by Crippen LogP contribution is -2.17. The van der Waals surface area contributed by atoms with Crippen LogP contribution >= 0.6 is 11.6 Å². The molecular weight excluding hydrogens is 236 g/mol. The Morgan fingerprint density at radius 1 is 1.35 bits per heavy atom. The van der Waals surface area contributed by atoms with Gasteiger partial charge in [0.05, 0.1) is 18.2 Å². The van der Waals surface area contributed by atoms with Gasteiger partial charge in [-0.2, -0.15) is 0 Å². The molecule has 0 aliphatic carbocycles. The molecule has 0 spiro atoms. The van der Waals surface area contributed by atoms with E-state index in [0.717, 1.165) is 16.8 Å². The highest BCUT2D eigenvalue weighted by Crippen LogP contribution is 2.33. The molecule has 1 atom stereocenters. The lowest BCUT2D eigenvalue weighted by Gasteiger charge is -2.19. The second-order valence-electron chi connectivity index (χ2n) is 3.89. The molecule has 1 rings (SSSR count). The summed E-state index contributed by atoms with van der Waals surface area (Å²) in [6.07, 6.45) is 0. The molecule has 1 aromatic carbocycles. The summed E-state index contributed by atoms with van der Waals surface area (Å²) in [5.41, 5.74) is 7.67. The molecule has 0 amide bonds. The molecule has 5 heteroatoms. The van der Waals surface area contributed by atoms with Crippen molar-refractivity contribution in [3.8, 4) is 11.5 Å². The van der Waals surface area contributed by atoms with Gasteiger partial charge in [-0.25, -0.2) is 0 Å². The van der Waals surface area contributed by atoms with E-state index in [1.165, 1.54) is 0 Å². The second-order valence-corrected chi connectivity index (χ2v) is 4.26. The molecule has 0 radical (unpaired) electrons. The third-order valence-corrected chi connectivity index (χ3v) is 2.92. The van der Waals surface area contributed by atoms with Gasteiger partial charge in [-0.1, -0.05) is 11.6 Å². The van der Waals surface area contributed by atoms with E-state index in [0.29, 0.717) is 24.0 Å². The molecule has 0 saturated carbocycles. The molecular formula is C12H19BClNO2. The van der Waals surface area contributed by atoms with Crippen molar-refractivity contribution in [3.05, 3.63) is 16.7 Å². The topological polar surface area (TPSA) is 44.5 Å². The standard InChI is InChI=1S/C12H19BClNO2/c1-4-16-9-6-8(7(3)15)11(14)12(10(9)13)17-5-2/h6-7H,4-5,13,15H2,1-3H3/t7-/m1/s1. The summed E-state index contributed by atoms with van der Waals surface area (Å²) in [7, 11) is 1.94. The molecule has 0 fully saturated rings. The van der Waals surface area contributed by atoms with Crippen LogP contribution in [0, 0.1) is 0 Å². The van der Waals surface area contributed by atoms with Gasteiger partial charge in [-0.3, -0.25) is 0 Å². The molecule has 1 aromatic rings. The number of nitrogens with two attached hydrogens (primary N) is 1. The van der Waals surface area contributed by atoms with Gasteiger partial charge in [0.2, 0.25) is 0 Å². The molecule has 0 aliphatic heterocycles. The smallest absolute Gasteiger partial charge is 0.149 e. The van der Waals surface area contributed by atoms with Crippen molar-refractivity contribution in [1.29, 1.82) is 0 Å². The molecule has 0 unspecified atom stereocenters. The van der Waals surface area contributed by atoms with Crippen LogP contribution in [0.25, 0.3) is 0 Å². The average Bonchev–Trinajstić information content (AvgIpc) is 2.27. The van der Waals surface area contributed by atoms with E-state index in [4.69, 9.17) is 26.8 Å². The number of ether oxygens (including phenoxy) is 2. The van der Waals surface area contributed by atoms with Crippen molar-refractivity contribution < 1.29 is 9.47 Å². The fourth-order valence-corrected chi connectivity index (χ4v) is 2.10. The minimum atomic E-state index is -0.151. The van der Waals surface area contributed by atoms with Gasteiger partial charge >= 0.3 is 0 Å². The van der Waals surface area contributed by atoms with Crippen molar-refractivity contribution >= 4 is 24.9 Å². The zero-order valence-corrected chi connectivity index (χ0v) is 11.6. The Morgan fingerprint density at radius 3 is 2.41 bits per heavy atom. The van der Waals surface area contributed by atoms with Crippen LogP contribution < -0.4 is 20.7 Å². The summed E-state index contributed by atoms with van der Waals surface area (Å²) in [6.45, 7) is 6.93. The van der Waals surface area contributed by atoms with Crippen LogP contribution in [-0.2, 0) is 0 Å². The maximum Gasteiger partial charge on any atom is 0.149 e. The van der Waals surface area contributed by atoms with Crippen LogP contribution in [0.15, 0.2) is 6.07 Å². The number of halogens is 1. The largest absolute Gasteiger partial charge is 0.494 e. The number of hydrogen-bond donors (Lipinski definition) is 1. The molecule has 0 aromatic heterocycles. The number of hydrogen-bond acceptors (Lipinski definition) is 3. The quantitative estimate of drug-likeness (QED) is 0.809. The summed E-state index contributed by atoms with van der Waals surface area (Å²) >= 11 is 6.30. The van der Waals surface area contributed by atoms with Crippen LogP contribution in [0.1, 0.15) is 32.4 Å². The zero-order valence-electron chi connectivity index (χ0n) is 10.8. The van der Waals surface area contributed by atoms with Gasteiger partial charge in [-0.15, -0.1) is 0 Å². The fraction of sp³-hybridized carbons (Fsp3) is 0.500. The van der Waals surface area contributed by atoms with Gasteiger partial charge in [0.1, 0.15) is 19.3 Å². The third kappa shape index (κ3) is 3.08. The number of benzene rings is 1. The van der Waals surface area contributed by atoms with E-state index in [-0.39, 0.29) is 6.04 Å². The Balaban J connectivity index is 3.34.